The van der Waals surface area contributed by atoms with Crippen molar-refractivity contribution in [2.45, 2.75) is 38.6 Å². The number of piperidine rings is 1. The van der Waals surface area contributed by atoms with E-state index in [0.29, 0.717) is 6.42 Å². The molecule has 0 bridgehead atoms. The predicted molar refractivity (Wildman–Crippen MR) is 105 cm³/mol. The number of nitrogens with one attached hydrogen (secondary N) is 1. The first-order valence-electron chi connectivity index (χ1n) is 9.51. The number of rotatable bonds is 4. The highest BCUT2D eigenvalue weighted by Crippen LogP contribution is 2.35. The minimum Gasteiger partial charge on any atom is -0.334 e. The van der Waals surface area contributed by atoms with Crippen molar-refractivity contribution in [3.05, 3.63) is 71.8 Å². The summed E-state index contributed by atoms with van der Waals surface area (Å²) in [6, 6.07) is 12.2. The third-order valence-electron chi connectivity index (χ3n) is 5.29. The van der Waals surface area contributed by atoms with E-state index in [0.717, 1.165) is 48.2 Å². The summed E-state index contributed by atoms with van der Waals surface area (Å²) >= 11 is 0. The number of hydrogen-bond acceptors (Lipinski definition) is 3. The van der Waals surface area contributed by atoms with Crippen molar-refractivity contribution < 1.29 is 4.79 Å². The smallest absolute Gasteiger partial charge is 0.227 e. The Balaban J connectivity index is 1.59. The van der Waals surface area contributed by atoms with Crippen molar-refractivity contribution in [1.29, 1.82) is 0 Å². The van der Waals surface area contributed by atoms with Gasteiger partial charge in [-0.15, -0.1) is 0 Å². The molecule has 1 saturated heterocycles. The molecule has 3 aromatic rings. The number of pyridine rings is 1. The molecule has 1 aromatic carbocycles. The number of carbonyl (C=O) groups is 1. The van der Waals surface area contributed by atoms with E-state index in [-0.39, 0.29) is 11.9 Å². The third-order valence-corrected chi connectivity index (χ3v) is 5.29. The van der Waals surface area contributed by atoms with Crippen LogP contribution >= 0.6 is 0 Å². The maximum absolute atomic E-state index is 13.1. The van der Waals surface area contributed by atoms with Gasteiger partial charge in [-0.3, -0.25) is 14.9 Å². The van der Waals surface area contributed by atoms with Gasteiger partial charge in [0.25, 0.3) is 0 Å². The second-order valence-electron chi connectivity index (χ2n) is 7.19. The Bertz CT molecular complexity index is 902. The monoisotopic (exact) mass is 360 g/mol. The van der Waals surface area contributed by atoms with E-state index in [1.807, 2.05) is 35.4 Å². The number of aryl methyl sites for hydroxylation is 1. The lowest BCUT2D eigenvalue weighted by molar-refractivity contribution is -0.134. The molecule has 2 aromatic heterocycles. The van der Waals surface area contributed by atoms with Crippen LogP contribution in [-0.4, -0.2) is 32.5 Å². The minimum atomic E-state index is 0.0439. The summed E-state index contributed by atoms with van der Waals surface area (Å²) in [5, 5.41) is 7.44. The number of amides is 1. The lowest BCUT2D eigenvalue weighted by Gasteiger charge is -2.36. The first kappa shape index (κ1) is 17.5. The van der Waals surface area contributed by atoms with Crippen LogP contribution in [-0.2, 0) is 11.2 Å². The van der Waals surface area contributed by atoms with E-state index in [9.17, 15) is 4.79 Å². The van der Waals surface area contributed by atoms with Gasteiger partial charge in [0, 0.05) is 24.5 Å². The number of H-pyrrole nitrogens is 1. The van der Waals surface area contributed by atoms with Crippen molar-refractivity contribution >= 4 is 5.91 Å². The van der Waals surface area contributed by atoms with E-state index < -0.39 is 0 Å². The van der Waals surface area contributed by atoms with Crippen LogP contribution in [0.5, 0.6) is 0 Å². The van der Waals surface area contributed by atoms with Crippen LogP contribution in [0.3, 0.4) is 0 Å². The van der Waals surface area contributed by atoms with E-state index in [1.54, 1.807) is 12.4 Å². The standard InChI is InChI=1S/C22H24N4O/c1-16-5-7-17(8-6-16)14-21(27)26-13-3-2-4-20(26)22-19(15-24-25-22)18-9-11-23-12-10-18/h5-12,15,20H,2-4,13-14H2,1H3,(H,24,25). The average molecular weight is 360 g/mol. The highest BCUT2D eigenvalue weighted by atomic mass is 16.2. The molecule has 27 heavy (non-hydrogen) atoms. The van der Waals surface area contributed by atoms with Crippen LogP contribution in [0.25, 0.3) is 11.1 Å². The molecule has 1 aliphatic rings. The fraction of sp³-hybridized carbons (Fsp3) is 0.318. The van der Waals surface area contributed by atoms with Gasteiger partial charge in [-0.05, 0) is 49.4 Å². The zero-order valence-corrected chi connectivity index (χ0v) is 15.6. The van der Waals surface area contributed by atoms with Gasteiger partial charge in [0.1, 0.15) is 0 Å². The third kappa shape index (κ3) is 3.77. The maximum Gasteiger partial charge on any atom is 0.227 e. The topological polar surface area (TPSA) is 61.9 Å². The first-order valence-corrected chi connectivity index (χ1v) is 9.51. The second-order valence-corrected chi connectivity index (χ2v) is 7.19. The lowest BCUT2D eigenvalue weighted by Crippen LogP contribution is -2.39. The largest absolute Gasteiger partial charge is 0.334 e. The van der Waals surface area contributed by atoms with E-state index in [4.69, 9.17) is 0 Å². The first-order chi connectivity index (χ1) is 13.2. The quantitative estimate of drug-likeness (QED) is 0.763. The summed E-state index contributed by atoms with van der Waals surface area (Å²) in [6.45, 7) is 2.86. The molecule has 0 spiro atoms. The number of benzene rings is 1. The molecule has 4 rings (SSSR count). The lowest BCUT2D eigenvalue weighted by atomic mass is 9.94. The van der Waals surface area contributed by atoms with Gasteiger partial charge in [0.15, 0.2) is 0 Å². The van der Waals surface area contributed by atoms with Crippen molar-refractivity contribution in [2.75, 3.05) is 6.54 Å². The van der Waals surface area contributed by atoms with Gasteiger partial charge in [0.05, 0.1) is 24.4 Å². The molecule has 0 aliphatic carbocycles. The van der Waals surface area contributed by atoms with Crippen molar-refractivity contribution in [2.24, 2.45) is 0 Å². The van der Waals surface area contributed by atoms with Gasteiger partial charge >= 0.3 is 0 Å². The van der Waals surface area contributed by atoms with Crippen molar-refractivity contribution in [1.82, 2.24) is 20.1 Å². The van der Waals surface area contributed by atoms with Gasteiger partial charge in [-0.2, -0.15) is 5.10 Å². The second kappa shape index (κ2) is 7.74. The summed E-state index contributed by atoms with van der Waals surface area (Å²) in [5.41, 5.74) is 5.43. The SMILES string of the molecule is Cc1ccc(CC(=O)N2CCCCC2c2[nH]ncc2-c2ccncc2)cc1. The summed E-state index contributed by atoms with van der Waals surface area (Å²) in [4.78, 5) is 19.2. The van der Waals surface area contributed by atoms with Crippen molar-refractivity contribution in [3.63, 3.8) is 0 Å². The van der Waals surface area contributed by atoms with Crippen LogP contribution in [0.1, 0.15) is 42.1 Å². The molecule has 0 radical (unpaired) electrons. The molecule has 1 unspecified atom stereocenters. The van der Waals surface area contributed by atoms with E-state index in [2.05, 4.69) is 34.2 Å². The molecule has 1 atom stereocenters. The highest BCUT2D eigenvalue weighted by Gasteiger charge is 2.30. The van der Waals surface area contributed by atoms with Gasteiger partial charge < -0.3 is 4.90 Å². The number of aromatic amines is 1. The molecule has 5 heteroatoms. The van der Waals surface area contributed by atoms with Gasteiger partial charge in [-0.25, -0.2) is 0 Å². The average Bonchev–Trinajstić information content (AvgIpc) is 3.20. The summed E-state index contributed by atoms with van der Waals surface area (Å²) in [6.07, 6.45) is 8.99. The zero-order chi connectivity index (χ0) is 18.6. The molecule has 3 heterocycles. The fourth-order valence-electron chi connectivity index (χ4n) is 3.82. The van der Waals surface area contributed by atoms with Gasteiger partial charge in [-0.1, -0.05) is 29.8 Å². The highest BCUT2D eigenvalue weighted by molar-refractivity contribution is 5.80. The molecule has 1 N–H and O–H groups in total. The Morgan fingerprint density at radius 2 is 1.93 bits per heavy atom. The Morgan fingerprint density at radius 1 is 1.15 bits per heavy atom. The molecular weight excluding hydrogens is 336 g/mol. The number of likely N-dealkylation sites (tertiary alicyclic amines) is 1. The van der Waals surface area contributed by atoms with Gasteiger partial charge in [0.2, 0.25) is 5.91 Å². The summed E-state index contributed by atoms with van der Waals surface area (Å²) < 4.78 is 0. The Kier molecular flexibility index (Phi) is 5.01. The maximum atomic E-state index is 13.1. The molecule has 0 saturated carbocycles. The molecule has 138 valence electrons. The number of carbonyl (C=O) groups excluding carboxylic acids is 1. The summed E-state index contributed by atoms with van der Waals surface area (Å²) in [7, 11) is 0. The van der Waals surface area contributed by atoms with Crippen LogP contribution in [0.4, 0.5) is 0 Å². The predicted octanol–water partition coefficient (Wildman–Crippen LogP) is 4.08. The molecular formula is C22H24N4O. The number of nitrogens with zero attached hydrogens (tertiary/aromatic N) is 3. The normalized spacial score (nSPS) is 17.1. The van der Waals surface area contributed by atoms with Crippen LogP contribution in [0, 0.1) is 6.92 Å². The van der Waals surface area contributed by atoms with Crippen molar-refractivity contribution in [3.8, 4) is 11.1 Å². The number of aromatic nitrogens is 3. The number of hydrogen-bond donors (Lipinski definition) is 1. The molecule has 5 nitrogen and oxygen atoms in total. The van der Waals surface area contributed by atoms with E-state index >= 15 is 0 Å². The zero-order valence-electron chi connectivity index (χ0n) is 15.6. The van der Waals surface area contributed by atoms with Crippen LogP contribution in [0.15, 0.2) is 55.0 Å². The summed E-state index contributed by atoms with van der Waals surface area (Å²) in [5.74, 6) is 0.179. The molecule has 1 aliphatic heterocycles. The fourth-order valence-corrected chi connectivity index (χ4v) is 3.82. The Hall–Kier alpha value is -2.95. The Morgan fingerprint density at radius 3 is 2.70 bits per heavy atom. The van der Waals surface area contributed by atoms with Crippen LogP contribution in [0.2, 0.25) is 0 Å². The van der Waals surface area contributed by atoms with E-state index in [1.165, 1.54) is 5.56 Å². The molecule has 1 fully saturated rings. The Labute approximate surface area is 159 Å². The molecule has 1 amide bonds. The van der Waals surface area contributed by atoms with Crippen LogP contribution < -0.4 is 0 Å². The minimum absolute atomic E-state index is 0.0439.